The lowest BCUT2D eigenvalue weighted by Crippen LogP contribution is -2.39. The number of aliphatic imine (C=N–C) groups is 1. The molecular formula is C18H31BrN4O2. The van der Waals surface area contributed by atoms with Crippen molar-refractivity contribution in [2.75, 3.05) is 46.6 Å². The van der Waals surface area contributed by atoms with Gasteiger partial charge in [0.25, 0.3) is 0 Å². The van der Waals surface area contributed by atoms with Gasteiger partial charge < -0.3 is 24.3 Å². The van der Waals surface area contributed by atoms with Crippen molar-refractivity contribution in [2.24, 2.45) is 18.0 Å². The molecule has 0 aromatic carbocycles. The molecule has 1 N–H and O–H groups in total. The second kappa shape index (κ2) is 10.8. The summed E-state index contributed by atoms with van der Waals surface area (Å²) in [5.41, 5.74) is 1.24. The van der Waals surface area contributed by atoms with Crippen molar-refractivity contribution >= 4 is 21.9 Å². The molecule has 1 fully saturated rings. The van der Waals surface area contributed by atoms with Gasteiger partial charge in [0.2, 0.25) is 0 Å². The number of guanidine groups is 1. The van der Waals surface area contributed by atoms with Gasteiger partial charge in [0, 0.05) is 62.7 Å². The summed E-state index contributed by atoms with van der Waals surface area (Å²) < 4.78 is 14.3. The largest absolute Gasteiger partial charge is 0.381 e. The Morgan fingerprint density at radius 3 is 3.04 bits per heavy atom. The Kier molecular flexibility index (Phi) is 8.78. The van der Waals surface area contributed by atoms with Crippen LogP contribution in [0, 0.1) is 5.92 Å². The standard InChI is InChI=1S/C18H31BrN4O2/c1-4-20-18(23(3)12-17-10-16(19)11-22(17)2)21-7-5-8-24-13-15-6-9-25-14-15/h10-11,15H,4-9,12-14H2,1-3H3,(H,20,21). The van der Waals surface area contributed by atoms with Gasteiger partial charge in [-0.15, -0.1) is 0 Å². The minimum absolute atomic E-state index is 0.580. The van der Waals surface area contributed by atoms with Gasteiger partial charge in [0.1, 0.15) is 0 Å². The van der Waals surface area contributed by atoms with Crippen LogP contribution in [0.15, 0.2) is 21.7 Å². The highest BCUT2D eigenvalue weighted by Crippen LogP contribution is 2.15. The second-order valence-corrected chi connectivity index (χ2v) is 7.43. The zero-order chi connectivity index (χ0) is 18.1. The Morgan fingerprint density at radius 1 is 1.56 bits per heavy atom. The highest BCUT2D eigenvalue weighted by Gasteiger charge is 2.15. The molecule has 1 unspecified atom stereocenters. The number of ether oxygens (including phenoxy) is 2. The maximum absolute atomic E-state index is 5.74. The Bertz CT molecular complexity index is 541. The topological polar surface area (TPSA) is 51.0 Å². The lowest BCUT2D eigenvalue weighted by atomic mass is 10.1. The van der Waals surface area contributed by atoms with Crippen molar-refractivity contribution in [1.29, 1.82) is 0 Å². The van der Waals surface area contributed by atoms with Crippen LogP contribution in [0.3, 0.4) is 0 Å². The van der Waals surface area contributed by atoms with Crippen LogP contribution in [-0.2, 0) is 23.1 Å². The molecule has 1 atom stereocenters. The molecular weight excluding hydrogens is 384 g/mol. The maximum Gasteiger partial charge on any atom is 0.194 e. The SMILES string of the molecule is CCNC(=NCCCOCC1CCOC1)N(C)Cc1cc(Br)cn1C. The summed E-state index contributed by atoms with van der Waals surface area (Å²) in [5, 5.41) is 3.36. The normalized spacial score (nSPS) is 17.9. The van der Waals surface area contributed by atoms with Gasteiger partial charge in [-0.25, -0.2) is 0 Å². The van der Waals surface area contributed by atoms with Gasteiger partial charge in [-0.3, -0.25) is 4.99 Å². The summed E-state index contributed by atoms with van der Waals surface area (Å²) in [6.07, 6.45) is 4.13. The van der Waals surface area contributed by atoms with E-state index in [1.165, 1.54) is 5.69 Å². The van der Waals surface area contributed by atoms with Gasteiger partial charge in [0.05, 0.1) is 19.8 Å². The molecule has 0 bridgehead atoms. The molecule has 2 rings (SSSR count). The van der Waals surface area contributed by atoms with Gasteiger partial charge in [0.15, 0.2) is 5.96 Å². The number of rotatable bonds is 9. The van der Waals surface area contributed by atoms with Crippen LogP contribution in [0.4, 0.5) is 0 Å². The molecule has 1 saturated heterocycles. The van der Waals surface area contributed by atoms with E-state index < -0.39 is 0 Å². The first-order valence-corrected chi connectivity index (χ1v) is 9.85. The molecule has 1 aliphatic rings. The van der Waals surface area contributed by atoms with Crippen LogP contribution < -0.4 is 5.32 Å². The molecule has 7 heteroatoms. The van der Waals surface area contributed by atoms with E-state index in [0.717, 1.165) is 69.3 Å². The average molecular weight is 415 g/mol. The van der Waals surface area contributed by atoms with Gasteiger partial charge in [-0.1, -0.05) is 0 Å². The number of aromatic nitrogens is 1. The van der Waals surface area contributed by atoms with E-state index in [4.69, 9.17) is 14.5 Å². The van der Waals surface area contributed by atoms with Crippen molar-refractivity contribution in [1.82, 2.24) is 14.8 Å². The lowest BCUT2D eigenvalue weighted by molar-refractivity contribution is 0.0893. The van der Waals surface area contributed by atoms with E-state index in [1.807, 2.05) is 0 Å². The second-order valence-electron chi connectivity index (χ2n) is 6.51. The predicted molar refractivity (Wildman–Crippen MR) is 105 cm³/mol. The van der Waals surface area contributed by atoms with Crippen molar-refractivity contribution in [3.63, 3.8) is 0 Å². The molecule has 1 aliphatic heterocycles. The lowest BCUT2D eigenvalue weighted by Gasteiger charge is -2.22. The maximum atomic E-state index is 5.74. The third-order valence-electron chi connectivity index (χ3n) is 4.26. The molecule has 0 aliphatic carbocycles. The number of hydrogen-bond donors (Lipinski definition) is 1. The number of halogens is 1. The van der Waals surface area contributed by atoms with Crippen LogP contribution in [0.2, 0.25) is 0 Å². The molecule has 0 saturated carbocycles. The van der Waals surface area contributed by atoms with E-state index in [-0.39, 0.29) is 0 Å². The minimum Gasteiger partial charge on any atom is -0.381 e. The monoisotopic (exact) mass is 414 g/mol. The molecule has 0 spiro atoms. The fourth-order valence-corrected chi connectivity index (χ4v) is 3.40. The molecule has 0 amide bonds. The zero-order valence-corrected chi connectivity index (χ0v) is 17.2. The molecule has 6 nitrogen and oxygen atoms in total. The van der Waals surface area contributed by atoms with Crippen LogP contribution in [0.25, 0.3) is 0 Å². The van der Waals surface area contributed by atoms with Crippen LogP contribution in [-0.4, -0.2) is 62.0 Å². The summed E-state index contributed by atoms with van der Waals surface area (Å²) in [6, 6.07) is 2.14. The molecule has 25 heavy (non-hydrogen) atoms. The highest BCUT2D eigenvalue weighted by molar-refractivity contribution is 9.10. The van der Waals surface area contributed by atoms with Crippen molar-refractivity contribution in [3.8, 4) is 0 Å². The van der Waals surface area contributed by atoms with E-state index in [9.17, 15) is 0 Å². The third-order valence-corrected chi connectivity index (χ3v) is 4.69. The molecule has 2 heterocycles. The summed E-state index contributed by atoms with van der Waals surface area (Å²) in [5.74, 6) is 1.51. The summed E-state index contributed by atoms with van der Waals surface area (Å²) in [7, 11) is 4.13. The Morgan fingerprint density at radius 2 is 2.40 bits per heavy atom. The predicted octanol–water partition coefficient (Wildman–Crippen LogP) is 2.63. The first kappa shape index (κ1) is 20.3. The van der Waals surface area contributed by atoms with Crippen LogP contribution in [0.1, 0.15) is 25.5 Å². The Labute approximate surface area is 159 Å². The minimum atomic E-state index is 0.580. The number of aryl methyl sites for hydroxylation is 1. The summed E-state index contributed by atoms with van der Waals surface area (Å²) in [4.78, 5) is 6.88. The van der Waals surface area contributed by atoms with Gasteiger partial charge in [-0.2, -0.15) is 0 Å². The van der Waals surface area contributed by atoms with Gasteiger partial charge >= 0.3 is 0 Å². The van der Waals surface area contributed by atoms with Crippen molar-refractivity contribution in [3.05, 3.63) is 22.4 Å². The third kappa shape index (κ3) is 6.99. The van der Waals surface area contributed by atoms with E-state index in [2.05, 4.69) is 64.0 Å². The molecule has 0 radical (unpaired) electrons. The number of nitrogens with one attached hydrogen (secondary N) is 1. The molecule has 142 valence electrons. The fourth-order valence-electron chi connectivity index (χ4n) is 2.83. The molecule has 1 aromatic heterocycles. The average Bonchev–Trinajstić information content (AvgIpc) is 3.19. The first-order valence-electron chi connectivity index (χ1n) is 9.05. The summed E-state index contributed by atoms with van der Waals surface area (Å²) in [6.45, 7) is 7.83. The van der Waals surface area contributed by atoms with Gasteiger partial charge in [-0.05, 0) is 41.8 Å². The van der Waals surface area contributed by atoms with E-state index in [1.54, 1.807) is 0 Å². The van der Waals surface area contributed by atoms with Crippen LogP contribution >= 0.6 is 15.9 Å². The zero-order valence-electron chi connectivity index (χ0n) is 15.6. The number of nitrogens with zero attached hydrogens (tertiary/aromatic N) is 3. The Balaban J connectivity index is 1.73. The quantitative estimate of drug-likeness (QED) is 0.383. The Hall–Kier alpha value is -1.05. The van der Waals surface area contributed by atoms with E-state index in [0.29, 0.717) is 5.92 Å². The number of hydrogen-bond acceptors (Lipinski definition) is 3. The molecule has 1 aromatic rings. The van der Waals surface area contributed by atoms with Crippen molar-refractivity contribution in [2.45, 2.75) is 26.3 Å². The smallest absolute Gasteiger partial charge is 0.194 e. The van der Waals surface area contributed by atoms with Crippen molar-refractivity contribution < 1.29 is 9.47 Å². The van der Waals surface area contributed by atoms with E-state index >= 15 is 0 Å². The summed E-state index contributed by atoms with van der Waals surface area (Å²) >= 11 is 3.52. The fraction of sp³-hybridized carbons (Fsp3) is 0.722. The highest BCUT2D eigenvalue weighted by atomic mass is 79.9. The van der Waals surface area contributed by atoms with Crippen LogP contribution in [0.5, 0.6) is 0 Å². The first-order chi connectivity index (χ1) is 12.1.